The Morgan fingerprint density at radius 1 is 1.31 bits per heavy atom. The molecule has 0 atom stereocenters. The minimum absolute atomic E-state index is 0.118. The maximum atomic E-state index is 11.0. The van der Waals surface area contributed by atoms with E-state index < -0.39 is 5.97 Å². The maximum absolute atomic E-state index is 11.0. The van der Waals surface area contributed by atoms with Gasteiger partial charge in [0.1, 0.15) is 11.4 Å². The Bertz CT molecular complexity index is 543. The molecule has 0 aliphatic rings. The van der Waals surface area contributed by atoms with Gasteiger partial charge in [-0.3, -0.25) is 0 Å². The van der Waals surface area contributed by atoms with E-state index in [2.05, 4.69) is 4.98 Å². The van der Waals surface area contributed by atoms with Crippen LogP contribution in [-0.2, 0) is 0 Å². The number of H-pyrrole nitrogens is 1. The highest BCUT2D eigenvalue weighted by atomic mass is 16.4. The van der Waals surface area contributed by atoms with Gasteiger partial charge in [-0.2, -0.15) is 0 Å². The Balaban J connectivity index is 2.59. The fraction of sp³-hybridized carbons (Fsp3) is 0.0833. The van der Waals surface area contributed by atoms with Crippen molar-refractivity contribution in [3.63, 3.8) is 0 Å². The fourth-order valence-corrected chi connectivity index (χ4v) is 1.66. The number of aromatic amines is 1. The number of nitrogens with one attached hydrogen (secondary N) is 1. The minimum Gasteiger partial charge on any atom is -0.508 e. The molecule has 16 heavy (non-hydrogen) atoms. The van der Waals surface area contributed by atoms with Gasteiger partial charge in [-0.1, -0.05) is 12.1 Å². The average Bonchev–Trinajstić information content (AvgIpc) is 2.60. The predicted molar refractivity (Wildman–Crippen MR) is 59.6 cm³/mol. The van der Waals surface area contributed by atoms with E-state index in [9.17, 15) is 9.90 Å². The van der Waals surface area contributed by atoms with Crippen LogP contribution in [0.2, 0.25) is 0 Å². The van der Waals surface area contributed by atoms with Crippen LogP contribution in [0, 0.1) is 6.92 Å². The lowest BCUT2D eigenvalue weighted by Gasteiger charge is -2.00. The molecule has 0 saturated heterocycles. The topological polar surface area (TPSA) is 73.3 Å². The summed E-state index contributed by atoms with van der Waals surface area (Å²) in [6, 6.07) is 8.27. The van der Waals surface area contributed by atoms with Gasteiger partial charge in [0.25, 0.3) is 0 Å². The summed E-state index contributed by atoms with van der Waals surface area (Å²) < 4.78 is 0. The van der Waals surface area contributed by atoms with Crippen molar-refractivity contribution in [3.05, 3.63) is 41.7 Å². The molecule has 0 saturated carbocycles. The van der Waals surface area contributed by atoms with Crippen molar-refractivity contribution in [2.24, 2.45) is 0 Å². The van der Waals surface area contributed by atoms with Gasteiger partial charge in [-0.15, -0.1) is 0 Å². The second-order valence-electron chi connectivity index (χ2n) is 3.60. The molecule has 0 fully saturated rings. The SMILES string of the molecule is Cc1cc(-c2cccc(O)c2)c(C(=O)O)[nH]1. The Kier molecular flexibility index (Phi) is 2.40. The molecule has 0 radical (unpaired) electrons. The summed E-state index contributed by atoms with van der Waals surface area (Å²) in [5, 5.41) is 18.4. The first kappa shape index (κ1) is 10.3. The number of hydrogen-bond donors (Lipinski definition) is 3. The highest BCUT2D eigenvalue weighted by Gasteiger charge is 2.14. The van der Waals surface area contributed by atoms with Crippen molar-refractivity contribution < 1.29 is 15.0 Å². The summed E-state index contributed by atoms with van der Waals surface area (Å²) in [5.74, 6) is -0.890. The summed E-state index contributed by atoms with van der Waals surface area (Å²) in [6.45, 7) is 1.79. The Morgan fingerprint density at radius 2 is 2.06 bits per heavy atom. The zero-order valence-electron chi connectivity index (χ0n) is 8.69. The predicted octanol–water partition coefficient (Wildman–Crippen LogP) is 2.39. The third-order valence-corrected chi connectivity index (χ3v) is 2.32. The van der Waals surface area contributed by atoms with Crippen LogP contribution in [0.1, 0.15) is 16.2 Å². The van der Waals surface area contributed by atoms with Gasteiger partial charge in [-0.25, -0.2) is 4.79 Å². The number of aromatic carboxylic acids is 1. The first-order valence-electron chi connectivity index (χ1n) is 4.80. The molecule has 0 bridgehead atoms. The molecular weight excluding hydrogens is 206 g/mol. The molecule has 0 aliphatic heterocycles. The average molecular weight is 217 g/mol. The zero-order chi connectivity index (χ0) is 11.7. The highest BCUT2D eigenvalue weighted by molar-refractivity contribution is 5.94. The molecule has 82 valence electrons. The van der Waals surface area contributed by atoms with E-state index in [1.54, 1.807) is 31.2 Å². The normalized spacial score (nSPS) is 10.3. The molecule has 3 N–H and O–H groups in total. The van der Waals surface area contributed by atoms with Crippen LogP contribution < -0.4 is 0 Å². The summed E-state index contributed by atoms with van der Waals surface area (Å²) in [4.78, 5) is 13.8. The third kappa shape index (κ3) is 1.77. The number of aryl methyl sites for hydroxylation is 1. The molecule has 0 spiro atoms. The van der Waals surface area contributed by atoms with Crippen LogP contribution in [0.4, 0.5) is 0 Å². The number of aromatic hydroxyl groups is 1. The maximum Gasteiger partial charge on any atom is 0.352 e. The number of carboxylic acid groups (broad SMARTS) is 1. The molecule has 2 aromatic rings. The van der Waals surface area contributed by atoms with Crippen molar-refractivity contribution >= 4 is 5.97 Å². The number of hydrogen-bond acceptors (Lipinski definition) is 2. The first-order valence-corrected chi connectivity index (χ1v) is 4.80. The quantitative estimate of drug-likeness (QED) is 0.723. The summed E-state index contributed by atoms with van der Waals surface area (Å²) in [6.07, 6.45) is 0. The molecule has 0 unspecified atom stereocenters. The highest BCUT2D eigenvalue weighted by Crippen LogP contribution is 2.27. The van der Waals surface area contributed by atoms with E-state index >= 15 is 0 Å². The van der Waals surface area contributed by atoms with Crippen molar-refractivity contribution in [2.75, 3.05) is 0 Å². The van der Waals surface area contributed by atoms with Gasteiger partial charge in [0.05, 0.1) is 0 Å². The lowest BCUT2D eigenvalue weighted by Crippen LogP contribution is -1.98. The van der Waals surface area contributed by atoms with E-state index in [4.69, 9.17) is 5.11 Å². The first-order chi connectivity index (χ1) is 7.58. The van der Waals surface area contributed by atoms with E-state index in [0.29, 0.717) is 11.1 Å². The Labute approximate surface area is 92.2 Å². The van der Waals surface area contributed by atoms with E-state index in [1.165, 1.54) is 6.07 Å². The summed E-state index contributed by atoms with van der Waals surface area (Å²) >= 11 is 0. The standard InChI is InChI=1S/C12H11NO3/c1-7-5-10(11(13-7)12(15)16)8-3-2-4-9(14)6-8/h2-6,13-14H,1H3,(H,15,16). The lowest BCUT2D eigenvalue weighted by atomic mass is 10.1. The van der Waals surface area contributed by atoms with Crippen LogP contribution in [0.5, 0.6) is 5.75 Å². The van der Waals surface area contributed by atoms with Crippen LogP contribution >= 0.6 is 0 Å². The number of aromatic nitrogens is 1. The van der Waals surface area contributed by atoms with Gasteiger partial charge in [0.2, 0.25) is 0 Å². The molecule has 0 aliphatic carbocycles. The van der Waals surface area contributed by atoms with Crippen LogP contribution in [0.15, 0.2) is 30.3 Å². The molecule has 1 aromatic heterocycles. The van der Waals surface area contributed by atoms with Crippen LogP contribution in [0.3, 0.4) is 0 Å². The minimum atomic E-state index is -1.01. The van der Waals surface area contributed by atoms with Crippen molar-refractivity contribution in [1.82, 2.24) is 4.98 Å². The monoisotopic (exact) mass is 217 g/mol. The number of carbonyl (C=O) groups is 1. The van der Waals surface area contributed by atoms with Crippen LogP contribution in [0.25, 0.3) is 11.1 Å². The zero-order valence-corrected chi connectivity index (χ0v) is 8.69. The van der Waals surface area contributed by atoms with Crippen molar-refractivity contribution in [1.29, 1.82) is 0 Å². The fourth-order valence-electron chi connectivity index (χ4n) is 1.66. The molecule has 1 aromatic carbocycles. The smallest absolute Gasteiger partial charge is 0.352 e. The molecule has 4 nitrogen and oxygen atoms in total. The number of phenols is 1. The Hall–Kier alpha value is -2.23. The summed E-state index contributed by atoms with van der Waals surface area (Å²) in [5.41, 5.74) is 2.18. The number of rotatable bonds is 2. The van der Waals surface area contributed by atoms with E-state index in [0.717, 1.165) is 5.69 Å². The number of carboxylic acids is 1. The molecule has 0 amide bonds. The third-order valence-electron chi connectivity index (χ3n) is 2.32. The second-order valence-corrected chi connectivity index (χ2v) is 3.60. The van der Waals surface area contributed by atoms with Gasteiger partial charge in [0.15, 0.2) is 0 Å². The largest absolute Gasteiger partial charge is 0.508 e. The van der Waals surface area contributed by atoms with Gasteiger partial charge in [-0.05, 0) is 30.7 Å². The van der Waals surface area contributed by atoms with Crippen molar-refractivity contribution in [3.8, 4) is 16.9 Å². The van der Waals surface area contributed by atoms with E-state index in [1.807, 2.05) is 0 Å². The van der Waals surface area contributed by atoms with Crippen molar-refractivity contribution in [2.45, 2.75) is 6.92 Å². The molecule has 1 heterocycles. The van der Waals surface area contributed by atoms with Gasteiger partial charge >= 0.3 is 5.97 Å². The second kappa shape index (κ2) is 3.73. The lowest BCUT2D eigenvalue weighted by molar-refractivity contribution is 0.0692. The van der Waals surface area contributed by atoms with Gasteiger partial charge in [0, 0.05) is 11.3 Å². The van der Waals surface area contributed by atoms with Gasteiger partial charge < -0.3 is 15.2 Å². The molecular formula is C12H11NO3. The Morgan fingerprint density at radius 3 is 2.69 bits per heavy atom. The number of phenolic OH excluding ortho intramolecular Hbond substituents is 1. The van der Waals surface area contributed by atoms with Crippen LogP contribution in [-0.4, -0.2) is 21.2 Å². The van der Waals surface area contributed by atoms with E-state index in [-0.39, 0.29) is 11.4 Å². The molecule has 4 heteroatoms. The number of benzene rings is 1. The molecule has 2 rings (SSSR count). The summed E-state index contributed by atoms with van der Waals surface area (Å²) in [7, 11) is 0.